The number of ether oxygens (including phenoxy) is 1. The molecule has 112 valence electrons. The highest BCUT2D eigenvalue weighted by Crippen LogP contribution is 2.26. The van der Waals surface area contributed by atoms with E-state index >= 15 is 0 Å². The molecule has 1 aromatic heterocycles. The van der Waals surface area contributed by atoms with Gasteiger partial charge in [-0.1, -0.05) is 24.9 Å². The number of hydrogen-bond acceptors (Lipinski definition) is 3. The number of pyridine rings is 1. The summed E-state index contributed by atoms with van der Waals surface area (Å²) >= 11 is 5.76. The van der Waals surface area contributed by atoms with Crippen molar-refractivity contribution in [3.63, 3.8) is 0 Å². The van der Waals surface area contributed by atoms with Gasteiger partial charge in [0.05, 0.1) is 5.02 Å². The summed E-state index contributed by atoms with van der Waals surface area (Å²) in [6.45, 7) is 2.84. The third-order valence-corrected chi connectivity index (χ3v) is 3.20. The van der Waals surface area contributed by atoms with E-state index in [1.807, 2.05) is 13.1 Å². The van der Waals surface area contributed by atoms with Crippen LogP contribution in [0.15, 0.2) is 30.3 Å². The summed E-state index contributed by atoms with van der Waals surface area (Å²) in [5, 5.41) is 3.14. The number of aromatic nitrogens is 1. The normalized spacial score (nSPS) is 10.7. The fraction of sp³-hybridized carbons (Fsp3) is 0.312. The second kappa shape index (κ2) is 7.38. The summed E-state index contributed by atoms with van der Waals surface area (Å²) in [6, 6.07) is 8.19. The maximum atomic E-state index is 13.2. The fourth-order valence-corrected chi connectivity index (χ4v) is 2.19. The van der Waals surface area contributed by atoms with Crippen LogP contribution in [-0.2, 0) is 13.0 Å². The van der Waals surface area contributed by atoms with Gasteiger partial charge in [0.2, 0.25) is 5.88 Å². The lowest BCUT2D eigenvalue weighted by atomic mass is 10.1. The summed E-state index contributed by atoms with van der Waals surface area (Å²) in [6.07, 6.45) is 1.90. The molecule has 21 heavy (non-hydrogen) atoms. The SMILES string of the molecule is CCCc1cc(CNC)cc(Oc2ccc(F)c(Cl)c2)n1. The molecule has 0 aliphatic carbocycles. The molecule has 2 rings (SSSR count). The lowest BCUT2D eigenvalue weighted by Crippen LogP contribution is -2.06. The molecule has 0 bridgehead atoms. The van der Waals surface area contributed by atoms with Crippen molar-refractivity contribution in [2.75, 3.05) is 7.05 Å². The zero-order valence-corrected chi connectivity index (χ0v) is 12.9. The molecule has 0 atom stereocenters. The lowest BCUT2D eigenvalue weighted by molar-refractivity contribution is 0.458. The molecule has 2 aromatic rings. The Morgan fingerprint density at radius 2 is 2.10 bits per heavy atom. The van der Waals surface area contributed by atoms with Gasteiger partial charge in [-0.05, 0) is 37.2 Å². The van der Waals surface area contributed by atoms with Crippen molar-refractivity contribution in [3.8, 4) is 11.6 Å². The number of nitrogens with zero attached hydrogens (tertiary/aromatic N) is 1. The van der Waals surface area contributed by atoms with Crippen molar-refractivity contribution in [1.29, 1.82) is 0 Å². The predicted molar refractivity (Wildman–Crippen MR) is 82.5 cm³/mol. The quantitative estimate of drug-likeness (QED) is 0.862. The van der Waals surface area contributed by atoms with E-state index in [4.69, 9.17) is 16.3 Å². The highest BCUT2D eigenvalue weighted by Gasteiger charge is 2.07. The number of aryl methyl sites for hydroxylation is 1. The van der Waals surface area contributed by atoms with Crippen LogP contribution in [0.2, 0.25) is 5.02 Å². The topological polar surface area (TPSA) is 34.1 Å². The third-order valence-electron chi connectivity index (χ3n) is 2.92. The highest BCUT2D eigenvalue weighted by molar-refractivity contribution is 6.30. The van der Waals surface area contributed by atoms with E-state index < -0.39 is 5.82 Å². The number of nitrogens with one attached hydrogen (secondary N) is 1. The second-order valence-corrected chi connectivity index (χ2v) is 5.17. The Hall–Kier alpha value is -1.65. The maximum Gasteiger partial charge on any atom is 0.219 e. The number of rotatable bonds is 6. The smallest absolute Gasteiger partial charge is 0.219 e. The molecule has 0 saturated heterocycles. The van der Waals surface area contributed by atoms with Crippen molar-refractivity contribution in [2.24, 2.45) is 0 Å². The van der Waals surface area contributed by atoms with Crippen LogP contribution in [0.1, 0.15) is 24.6 Å². The van der Waals surface area contributed by atoms with E-state index in [1.54, 1.807) is 0 Å². The number of benzene rings is 1. The Balaban J connectivity index is 2.26. The van der Waals surface area contributed by atoms with Gasteiger partial charge in [0.15, 0.2) is 0 Å². The van der Waals surface area contributed by atoms with Gasteiger partial charge >= 0.3 is 0 Å². The van der Waals surface area contributed by atoms with E-state index in [0.29, 0.717) is 11.6 Å². The van der Waals surface area contributed by atoms with Crippen LogP contribution in [0.3, 0.4) is 0 Å². The molecule has 0 spiro atoms. The minimum absolute atomic E-state index is 0.0349. The van der Waals surface area contributed by atoms with Crippen molar-refractivity contribution in [3.05, 3.63) is 52.4 Å². The zero-order chi connectivity index (χ0) is 15.2. The summed E-state index contributed by atoms with van der Waals surface area (Å²) < 4.78 is 18.9. The second-order valence-electron chi connectivity index (χ2n) is 4.76. The van der Waals surface area contributed by atoms with Gasteiger partial charge in [0.1, 0.15) is 11.6 Å². The minimum atomic E-state index is -0.465. The Kier molecular flexibility index (Phi) is 5.53. The highest BCUT2D eigenvalue weighted by atomic mass is 35.5. The molecule has 0 fully saturated rings. The van der Waals surface area contributed by atoms with Crippen molar-refractivity contribution < 1.29 is 9.13 Å². The molecular weight excluding hydrogens is 291 g/mol. The van der Waals surface area contributed by atoms with Crippen LogP contribution in [0, 0.1) is 5.82 Å². The van der Waals surface area contributed by atoms with E-state index in [-0.39, 0.29) is 5.02 Å². The molecule has 1 aromatic carbocycles. The Bertz CT molecular complexity index is 595. The minimum Gasteiger partial charge on any atom is -0.439 e. The molecule has 1 heterocycles. The molecule has 5 heteroatoms. The molecule has 0 amide bonds. The van der Waals surface area contributed by atoms with Gasteiger partial charge in [-0.3, -0.25) is 0 Å². The third kappa shape index (κ3) is 4.41. The van der Waals surface area contributed by atoms with Crippen LogP contribution < -0.4 is 10.1 Å². The summed E-state index contributed by atoms with van der Waals surface area (Å²) in [5.74, 6) is 0.499. The largest absolute Gasteiger partial charge is 0.439 e. The van der Waals surface area contributed by atoms with E-state index in [0.717, 1.165) is 30.6 Å². The molecule has 0 saturated carbocycles. The Labute approximate surface area is 129 Å². The summed E-state index contributed by atoms with van der Waals surface area (Å²) in [4.78, 5) is 4.47. The molecule has 1 N–H and O–H groups in total. The van der Waals surface area contributed by atoms with Crippen molar-refractivity contribution in [1.82, 2.24) is 10.3 Å². The van der Waals surface area contributed by atoms with Crippen LogP contribution in [0.5, 0.6) is 11.6 Å². The first-order chi connectivity index (χ1) is 10.1. The number of hydrogen-bond donors (Lipinski definition) is 1. The zero-order valence-electron chi connectivity index (χ0n) is 12.1. The average molecular weight is 309 g/mol. The first-order valence-corrected chi connectivity index (χ1v) is 7.27. The van der Waals surface area contributed by atoms with Gasteiger partial charge in [-0.25, -0.2) is 9.37 Å². The van der Waals surface area contributed by atoms with Crippen LogP contribution >= 0.6 is 11.6 Å². The predicted octanol–water partition coefficient (Wildman–Crippen LogP) is 4.34. The standard InChI is InChI=1S/C16H18ClFN2O/c1-3-4-12-7-11(10-19-2)8-16(20-12)21-13-5-6-15(18)14(17)9-13/h5-9,19H,3-4,10H2,1-2H3. The van der Waals surface area contributed by atoms with E-state index in [2.05, 4.69) is 23.3 Å². The van der Waals surface area contributed by atoms with E-state index in [1.165, 1.54) is 18.2 Å². The van der Waals surface area contributed by atoms with Gasteiger partial charge in [0, 0.05) is 24.4 Å². The Morgan fingerprint density at radius 3 is 2.76 bits per heavy atom. The lowest BCUT2D eigenvalue weighted by Gasteiger charge is -2.10. The fourth-order valence-electron chi connectivity index (χ4n) is 2.02. The molecule has 0 unspecified atom stereocenters. The van der Waals surface area contributed by atoms with Crippen LogP contribution in [-0.4, -0.2) is 12.0 Å². The van der Waals surface area contributed by atoms with Crippen LogP contribution in [0.4, 0.5) is 4.39 Å². The van der Waals surface area contributed by atoms with Crippen molar-refractivity contribution in [2.45, 2.75) is 26.3 Å². The van der Waals surface area contributed by atoms with Crippen molar-refractivity contribution >= 4 is 11.6 Å². The van der Waals surface area contributed by atoms with E-state index in [9.17, 15) is 4.39 Å². The van der Waals surface area contributed by atoms with Gasteiger partial charge in [0.25, 0.3) is 0 Å². The maximum absolute atomic E-state index is 13.2. The van der Waals surface area contributed by atoms with Gasteiger partial charge in [-0.2, -0.15) is 0 Å². The number of halogens is 2. The van der Waals surface area contributed by atoms with Gasteiger partial charge in [-0.15, -0.1) is 0 Å². The summed E-state index contributed by atoms with van der Waals surface area (Å²) in [7, 11) is 1.89. The molecular formula is C16H18ClFN2O. The molecule has 3 nitrogen and oxygen atoms in total. The van der Waals surface area contributed by atoms with Gasteiger partial charge < -0.3 is 10.1 Å². The summed E-state index contributed by atoms with van der Waals surface area (Å²) in [5.41, 5.74) is 2.08. The van der Waals surface area contributed by atoms with Crippen LogP contribution in [0.25, 0.3) is 0 Å². The molecule has 0 radical (unpaired) electrons. The Morgan fingerprint density at radius 1 is 1.29 bits per heavy atom. The first kappa shape index (κ1) is 15.7. The monoisotopic (exact) mass is 308 g/mol. The average Bonchev–Trinajstić information content (AvgIpc) is 2.43. The molecule has 0 aliphatic rings. The first-order valence-electron chi connectivity index (χ1n) is 6.89. The molecule has 0 aliphatic heterocycles.